The van der Waals surface area contributed by atoms with E-state index in [2.05, 4.69) is 10.3 Å². The van der Waals surface area contributed by atoms with Gasteiger partial charge in [-0.25, -0.2) is 4.98 Å². The van der Waals surface area contributed by atoms with E-state index in [9.17, 15) is 14.4 Å². The Morgan fingerprint density at radius 3 is 2.45 bits per heavy atom. The number of carbonyl (C=O) groups excluding carboxylic acids is 3. The van der Waals surface area contributed by atoms with Crippen LogP contribution >= 0.6 is 11.6 Å². The van der Waals surface area contributed by atoms with Crippen LogP contribution in [0.25, 0.3) is 5.65 Å². The maximum atomic E-state index is 13.3. The summed E-state index contributed by atoms with van der Waals surface area (Å²) >= 11 is 6.06. The number of ketones is 2. The number of anilines is 1. The van der Waals surface area contributed by atoms with Crippen molar-refractivity contribution in [1.29, 1.82) is 0 Å². The van der Waals surface area contributed by atoms with Crippen LogP contribution in [0.15, 0.2) is 60.8 Å². The van der Waals surface area contributed by atoms with Crippen molar-refractivity contribution in [3.8, 4) is 0 Å². The Morgan fingerprint density at radius 2 is 1.71 bits per heavy atom. The minimum absolute atomic E-state index is 0.203. The van der Waals surface area contributed by atoms with Gasteiger partial charge in [0.1, 0.15) is 11.3 Å². The zero-order valence-corrected chi connectivity index (χ0v) is 17.2. The van der Waals surface area contributed by atoms with Crippen LogP contribution in [0.3, 0.4) is 0 Å². The van der Waals surface area contributed by atoms with Crippen LogP contribution in [-0.2, 0) is 6.42 Å². The third-order valence-electron chi connectivity index (χ3n) is 5.41. The summed E-state index contributed by atoms with van der Waals surface area (Å²) in [6.07, 6.45) is 2.23. The molecule has 7 heteroatoms. The number of pyridine rings is 1. The zero-order chi connectivity index (χ0) is 21.7. The minimum atomic E-state index is -0.417. The molecular weight excluding hydrogens is 414 g/mol. The van der Waals surface area contributed by atoms with Crippen molar-refractivity contribution in [3.05, 3.63) is 99.5 Å². The zero-order valence-electron chi connectivity index (χ0n) is 16.5. The third-order valence-corrected chi connectivity index (χ3v) is 5.65. The van der Waals surface area contributed by atoms with E-state index >= 15 is 0 Å². The fraction of sp³-hybridized carbons (Fsp3) is 0.0833. The fourth-order valence-electron chi connectivity index (χ4n) is 3.99. The molecule has 1 aliphatic carbocycles. The van der Waals surface area contributed by atoms with Crippen LogP contribution in [0.4, 0.5) is 5.69 Å². The number of amides is 1. The molecule has 1 N–H and O–H groups in total. The lowest BCUT2D eigenvalue weighted by Gasteiger charge is -2.20. The quantitative estimate of drug-likeness (QED) is 0.455. The van der Waals surface area contributed by atoms with Crippen LogP contribution < -0.4 is 5.32 Å². The van der Waals surface area contributed by atoms with Gasteiger partial charge >= 0.3 is 0 Å². The number of nitrogens with one attached hydrogen (secondary N) is 1. The molecule has 0 fully saturated rings. The standard InChI is InChI=1S/C24H16ClN3O3/c1-2-17-21(28-11-10-13(25)12-19(28)26-17)24(31)27-18-9-5-8-16-20(18)23(30)15-7-4-3-6-14(15)22(16)29/h3-12H,2H2,1H3,(H,27,31). The Morgan fingerprint density at radius 1 is 1.00 bits per heavy atom. The number of benzene rings is 2. The molecule has 1 aliphatic rings. The SMILES string of the molecule is CCc1nc2cc(Cl)ccn2c1C(=O)Nc1cccc2c1C(=O)c1ccccc1C2=O. The summed E-state index contributed by atoms with van der Waals surface area (Å²) in [6.45, 7) is 1.91. The van der Waals surface area contributed by atoms with Gasteiger partial charge in [0.05, 0.1) is 16.9 Å². The lowest BCUT2D eigenvalue weighted by molar-refractivity contribution is 0.0978. The molecule has 31 heavy (non-hydrogen) atoms. The molecule has 2 aromatic heterocycles. The van der Waals surface area contributed by atoms with Crippen molar-refractivity contribution < 1.29 is 14.4 Å². The van der Waals surface area contributed by atoms with Crippen molar-refractivity contribution in [2.24, 2.45) is 0 Å². The predicted octanol–water partition coefficient (Wildman–Crippen LogP) is 4.58. The summed E-state index contributed by atoms with van der Waals surface area (Å²) in [4.78, 5) is 43.9. The average Bonchev–Trinajstić information content (AvgIpc) is 3.15. The summed E-state index contributed by atoms with van der Waals surface area (Å²) in [5.41, 5.74) is 3.01. The molecular formula is C24H16ClN3O3. The first-order valence-corrected chi connectivity index (χ1v) is 10.2. The van der Waals surface area contributed by atoms with E-state index in [1.165, 1.54) is 0 Å². The van der Waals surface area contributed by atoms with Gasteiger partial charge in [0.2, 0.25) is 0 Å². The number of aryl methyl sites for hydroxylation is 1. The van der Waals surface area contributed by atoms with Gasteiger partial charge in [0, 0.05) is 34.0 Å². The Balaban J connectivity index is 1.60. The van der Waals surface area contributed by atoms with Crippen LogP contribution in [-0.4, -0.2) is 26.9 Å². The molecule has 1 amide bonds. The number of rotatable bonds is 3. The molecule has 6 nitrogen and oxygen atoms in total. The van der Waals surface area contributed by atoms with Gasteiger partial charge in [-0.15, -0.1) is 0 Å². The Hall–Kier alpha value is -3.77. The second-order valence-corrected chi connectivity index (χ2v) is 7.66. The van der Waals surface area contributed by atoms with Crippen molar-refractivity contribution in [1.82, 2.24) is 9.38 Å². The third kappa shape index (κ3) is 2.95. The Kier molecular flexibility index (Phi) is 4.45. The number of aromatic nitrogens is 2. The number of halogens is 1. The normalized spacial score (nSPS) is 12.6. The maximum absolute atomic E-state index is 13.3. The molecule has 0 saturated heterocycles. The van der Waals surface area contributed by atoms with Crippen LogP contribution in [0.5, 0.6) is 0 Å². The number of fused-ring (bicyclic) bond motifs is 3. The number of hydrogen-bond donors (Lipinski definition) is 1. The van der Waals surface area contributed by atoms with Gasteiger partial charge in [-0.1, -0.05) is 54.9 Å². The molecule has 2 heterocycles. The summed E-state index contributed by atoms with van der Waals surface area (Å²) < 4.78 is 1.66. The lowest BCUT2D eigenvalue weighted by Crippen LogP contribution is -2.24. The van der Waals surface area contributed by atoms with Gasteiger partial charge in [0.25, 0.3) is 5.91 Å². The molecule has 5 rings (SSSR count). The topological polar surface area (TPSA) is 80.5 Å². The first kappa shape index (κ1) is 19.2. The minimum Gasteiger partial charge on any atom is -0.320 e. The molecule has 0 unspecified atom stereocenters. The number of hydrogen-bond acceptors (Lipinski definition) is 4. The largest absolute Gasteiger partial charge is 0.320 e. The lowest BCUT2D eigenvalue weighted by atomic mass is 9.83. The molecule has 0 atom stereocenters. The van der Waals surface area contributed by atoms with E-state index in [1.807, 2.05) is 6.92 Å². The monoisotopic (exact) mass is 429 g/mol. The van der Waals surface area contributed by atoms with Crippen LogP contribution in [0.2, 0.25) is 5.02 Å². The second-order valence-electron chi connectivity index (χ2n) is 7.22. The highest BCUT2D eigenvalue weighted by molar-refractivity contribution is 6.31. The first-order valence-electron chi connectivity index (χ1n) is 9.79. The fourth-order valence-corrected chi connectivity index (χ4v) is 4.14. The van der Waals surface area contributed by atoms with Crippen molar-refractivity contribution in [2.45, 2.75) is 13.3 Å². The average molecular weight is 430 g/mol. The van der Waals surface area contributed by atoms with E-state index in [0.717, 1.165) is 0 Å². The van der Waals surface area contributed by atoms with E-state index in [-0.39, 0.29) is 22.7 Å². The second kappa shape index (κ2) is 7.18. The molecule has 2 aromatic carbocycles. The molecule has 0 bridgehead atoms. The Bertz CT molecular complexity index is 1420. The number of carbonyl (C=O) groups is 3. The molecule has 0 saturated carbocycles. The highest BCUT2D eigenvalue weighted by atomic mass is 35.5. The predicted molar refractivity (Wildman–Crippen MR) is 117 cm³/mol. The highest BCUT2D eigenvalue weighted by Gasteiger charge is 2.32. The molecule has 0 aliphatic heterocycles. The van der Waals surface area contributed by atoms with E-state index in [0.29, 0.717) is 45.3 Å². The van der Waals surface area contributed by atoms with Gasteiger partial charge in [0.15, 0.2) is 11.6 Å². The summed E-state index contributed by atoms with van der Waals surface area (Å²) in [7, 11) is 0. The van der Waals surface area contributed by atoms with Crippen molar-refractivity contribution in [3.63, 3.8) is 0 Å². The number of imidazole rings is 1. The van der Waals surface area contributed by atoms with E-state index < -0.39 is 5.91 Å². The summed E-state index contributed by atoms with van der Waals surface area (Å²) in [5.74, 6) is -0.944. The highest BCUT2D eigenvalue weighted by Crippen LogP contribution is 2.32. The van der Waals surface area contributed by atoms with E-state index in [1.54, 1.807) is 65.2 Å². The van der Waals surface area contributed by atoms with Gasteiger partial charge < -0.3 is 5.32 Å². The van der Waals surface area contributed by atoms with Crippen molar-refractivity contribution >= 4 is 40.4 Å². The van der Waals surface area contributed by atoms with Crippen molar-refractivity contribution in [2.75, 3.05) is 5.32 Å². The van der Waals surface area contributed by atoms with Gasteiger partial charge in [-0.2, -0.15) is 0 Å². The van der Waals surface area contributed by atoms with Gasteiger partial charge in [-0.3, -0.25) is 18.8 Å². The van der Waals surface area contributed by atoms with Gasteiger partial charge in [-0.05, 0) is 18.6 Å². The maximum Gasteiger partial charge on any atom is 0.274 e. The summed E-state index contributed by atoms with van der Waals surface area (Å²) in [6, 6.07) is 15.0. The van der Waals surface area contributed by atoms with E-state index in [4.69, 9.17) is 11.6 Å². The van der Waals surface area contributed by atoms with Crippen LogP contribution in [0, 0.1) is 0 Å². The smallest absolute Gasteiger partial charge is 0.274 e. The Labute approximate surface area is 182 Å². The van der Waals surface area contributed by atoms with Crippen LogP contribution in [0.1, 0.15) is 54.9 Å². The molecule has 4 aromatic rings. The molecule has 152 valence electrons. The molecule has 0 radical (unpaired) electrons. The summed E-state index contributed by atoms with van der Waals surface area (Å²) in [5, 5.41) is 3.35. The number of nitrogens with zero attached hydrogens (tertiary/aromatic N) is 2. The first-order chi connectivity index (χ1) is 15.0. The molecule has 0 spiro atoms.